The molecule has 0 unspecified atom stereocenters. The predicted octanol–water partition coefficient (Wildman–Crippen LogP) is 7.64. The zero-order valence-electron chi connectivity index (χ0n) is 13.5. The maximum atomic E-state index is 13.2. The summed E-state index contributed by atoms with van der Waals surface area (Å²) in [6.07, 6.45) is 6.43. The molecule has 0 aliphatic rings. The van der Waals surface area contributed by atoms with Crippen molar-refractivity contribution in [2.45, 2.75) is 9.79 Å². The number of hydrogen-bond donors (Lipinski definition) is 0. The third-order valence-electron chi connectivity index (χ3n) is 3.42. The number of hydrogen-bond acceptors (Lipinski definition) is 2. The summed E-state index contributed by atoms with van der Waals surface area (Å²) < 4.78 is 26.5. The van der Waals surface area contributed by atoms with Crippen molar-refractivity contribution in [2.75, 3.05) is 11.8 Å². The first-order chi connectivity index (χ1) is 12.7. The zero-order chi connectivity index (χ0) is 20.2. The summed E-state index contributed by atoms with van der Waals surface area (Å²) in [6.45, 7) is 0. The van der Waals surface area contributed by atoms with Gasteiger partial charge in [-0.25, -0.2) is 8.42 Å². The standard InChI is InChI=1S/C18H12Cl6O2S/c19-5-1-3-11-7-13(21)9-15(17(11)23)27(25,26)16-10-14(22)8-12(18(16)24)4-2-6-20/h1-4,7-10H,5-6H2. The molecule has 0 fully saturated rings. The third-order valence-corrected chi connectivity index (χ3v) is 7.08. The van der Waals surface area contributed by atoms with Crippen molar-refractivity contribution < 1.29 is 8.42 Å². The molecule has 0 aromatic heterocycles. The van der Waals surface area contributed by atoms with Crippen LogP contribution >= 0.6 is 69.6 Å². The van der Waals surface area contributed by atoms with Gasteiger partial charge in [0.25, 0.3) is 0 Å². The van der Waals surface area contributed by atoms with Crippen molar-refractivity contribution in [1.29, 1.82) is 0 Å². The van der Waals surface area contributed by atoms with Crippen molar-refractivity contribution in [3.8, 4) is 0 Å². The van der Waals surface area contributed by atoms with Crippen LogP contribution in [0.2, 0.25) is 20.1 Å². The Bertz CT molecular complexity index is 937. The SMILES string of the molecule is O=S(=O)(c1cc(Cl)cc(C=CCCl)c1Cl)c1cc(Cl)cc(C=CCCl)c1Cl. The van der Waals surface area contributed by atoms with Gasteiger partial charge >= 0.3 is 0 Å². The Labute approximate surface area is 188 Å². The van der Waals surface area contributed by atoms with Gasteiger partial charge in [-0.2, -0.15) is 0 Å². The Hall–Kier alpha value is -0.390. The lowest BCUT2D eigenvalue weighted by Crippen LogP contribution is -2.05. The molecule has 0 spiro atoms. The number of alkyl halides is 2. The molecule has 9 heteroatoms. The molecule has 2 nitrogen and oxygen atoms in total. The van der Waals surface area contributed by atoms with Gasteiger partial charge in [0.15, 0.2) is 0 Å². The fourth-order valence-corrected chi connectivity index (χ4v) is 5.49. The zero-order valence-corrected chi connectivity index (χ0v) is 18.9. The molecule has 0 aliphatic carbocycles. The second-order valence-corrected chi connectivity index (χ2v) is 9.36. The summed E-state index contributed by atoms with van der Waals surface area (Å²) in [6, 6.07) is 5.62. The van der Waals surface area contributed by atoms with Crippen molar-refractivity contribution in [2.24, 2.45) is 0 Å². The van der Waals surface area contributed by atoms with E-state index in [1.807, 2.05) is 0 Å². The minimum atomic E-state index is -4.11. The number of rotatable bonds is 6. The van der Waals surface area contributed by atoms with Gasteiger partial charge in [-0.05, 0) is 35.4 Å². The van der Waals surface area contributed by atoms with Gasteiger partial charge in [0.1, 0.15) is 0 Å². The van der Waals surface area contributed by atoms with E-state index < -0.39 is 9.84 Å². The Morgan fingerprint density at radius 2 is 1.07 bits per heavy atom. The van der Waals surface area contributed by atoms with Crippen LogP contribution in [0.1, 0.15) is 11.1 Å². The molecule has 2 aromatic rings. The van der Waals surface area contributed by atoms with E-state index in [4.69, 9.17) is 69.6 Å². The monoisotopic (exact) mass is 502 g/mol. The molecule has 0 N–H and O–H groups in total. The van der Waals surface area contributed by atoms with Gasteiger partial charge in [-0.3, -0.25) is 0 Å². The number of sulfone groups is 1. The van der Waals surface area contributed by atoms with Crippen LogP contribution in [0, 0.1) is 0 Å². The van der Waals surface area contributed by atoms with Crippen molar-refractivity contribution in [3.05, 3.63) is 67.6 Å². The first-order valence-electron chi connectivity index (χ1n) is 7.40. The lowest BCUT2D eigenvalue weighted by molar-refractivity contribution is 0.596. The third kappa shape index (κ3) is 5.36. The minimum absolute atomic E-state index is 0.00894. The van der Waals surface area contributed by atoms with Gasteiger partial charge in [0, 0.05) is 21.8 Å². The van der Waals surface area contributed by atoms with Crippen LogP contribution in [0.4, 0.5) is 0 Å². The number of benzene rings is 2. The minimum Gasteiger partial charge on any atom is -0.218 e. The smallest absolute Gasteiger partial charge is 0.209 e. The van der Waals surface area contributed by atoms with Crippen LogP contribution in [0.3, 0.4) is 0 Å². The van der Waals surface area contributed by atoms with Gasteiger partial charge in [-0.1, -0.05) is 70.7 Å². The summed E-state index contributed by atoms with van der Waals surface area (Å²) in [7, 11) is -4.11. The van der Waals surface area contributed by atoms with Crippen LogP contribution in [-0.4, -0.2) is 20.2 Å². The average Bonchev–Trinajstić information content (AvgIpc) is 2.62. The number of allylic oxidation sites excluding steroid dienone is 2. The highest BCUT2D eigenvalue weighted by atomic mass is 35.5. The van der Waals surface area contributed by atoms with E-state index in [0.29, 0.717) is 11.1 Å². The maximum Gasteiger partial charge on any atom is 0.209 e. The Kier molecular flexibility index (Phi) is 8.38. The van der Waals surface area contributed by atoms with Crippen LogP contribution < -0.4 is 0 Å². The fourth-order valence-electron chi connectivity index (χ4n) is 2.26. The molecular formula is C18H12Cl6O2S. The number of halogens is 6. The lowest BCUT2D eigenvalue weighted by atomic mass is 10.2. The second-order valence-electron chi connectivity index (χ2n) is 5.23. The highest BCUT2D eigenvalue weighted by molar-refractivity contribution is 7.91. The first kappa shape index (κ1) is 22.9. The molecule has 0 aliphatic heterocycles. The van der Waals surface area contributed by atoms with E-state index in [1.165, 1.54) is 12.1 Å². The molecule has 0 atom stereocenters. The van der Waals surface area contributed by atoms with Gasteiger partial charge in [0.05, 0.1) is 19.8 Å². The van der Waals surface area contributed by atoms with Crippen molar-refractivity contribution in [1.82, 2.24) is 0 Å². The van der Waals surface area contributed by atoms with Crippen LogP contribution in [0.5, 0.6) is 0 Å². The summed E-state index contributed by atoms with van der Waals surface area (Å²) in [5.74, 6) is 0.475. The average molecular weight is 505 g/mol. The van der Waals surface area contributed by atoms with Gasteiger partial charge in [-0.15, -0.1) is 23.2 Å². The molecule has 0 bridgehead atoms. The van der Waals surface area contributed by atoms with E-state index in [2.05, 4.69) is 0 Å². The molecule has 0 saturated heterocycles. The molecular weight excluding hydrogens is 493 g/mol. The van der Waals surface area contributed by atoms with E-state index >= 15 is 0 Å². The molecule has 0 amide bonds. The summed E-state index contributed by atoms with van der Waals surface area (Å²) in [5.41, 5.74) is 0.840. The Morgan fingerprint density at radius 1 is 0.704 bits per heavy atom. The van der Waals surface area contributed by atoms with E-state index in [1.54, 1.807) is 36.4 Å². The first-order valence-corrected chi connectivity index (χ1v) is 11.5. The topological polar surface area (TPSA) is 34.1 Å². The molecule has 144 valence electrons. The molecule has 2 rings (SSSR count). The summed E-state index contributed by atoms with van der Waals surface area (Å²) in [5, 5.41) is 0.421. The van der Waals surface area contributed by atoms with Crippen LogP contribution in [0.25, 0.3) is 12.2 Å². The molecule has 2 aromatic carbocycles. The van der Waals surface area contributed by atoms with Gasteiger partial charge < -0.3 is 0 Å². The Balaban J connectivity index is 2.74. The Morgan fingerprint density at radius 3 is 1.41 bits per heavy atom. The van der Waals surface area contributed by atoms with E-state index in [-0.39, 0.29) is 41.6 Å². The summed E-state index contributed by atoms with van der Waals surface area (Å²) >= 11 is 36.1. The van der Waals surface area contributed by atoms with E-state index in [0.717, 1.165) is 0 Å². The summed E-state index contributed by atoms with van der Waals surface area (Å²) in [4.78, 5) is -0.357. The van der Waals surface area contributed by atoms with Crippen LogP contribution in [-0.2, 0) is 9.84 Å². The van der Waals surface area contributed by atoms with Gasteiger partial charge in [0.2, 0.25) is 9.84 Å². The molecule has 0 radical (unpaired) electrons. The maximum absolute atomic E-state index is 13.2. The lowest BCUT2D eigenvalue weighted by Gasteiger charge is -2.13. The normalized spacial score (nSPS) is 12.4. The molecule has 0 heterocycles. The largest absolute Gasteiger partial charge is 0.218 e. The highest BCUT2D eigenvalue weighted by Crippen LogP contribution is 2.38. The fraction of sp³-hybridized carbons (Fsp3) is 0.111. The molecule has 27 heavy (non-hydrogen) atoms. The van der Waals surface area contributed by atoms with E-state index in [9.17, 15) is 8.42 Å². The highest BCUT2D eigenvalue weighted by Gasteiger charge is 2.27. The second kappa shape index (κ2) is 9.89. The molecule has 0 saturated carbocycles. The van der Waals surface area contributed by atoms with Crippen molar-refractivity contribution >= 4 is 91.6 Å². The predicted molar refractivity (Wildman–Crippen MR) is 118 cm³/mol. The van der Waals surface area contributed by atoms with Crippen molar-refractivity contribution in [3.63, 3.8) is 0 Å². The van der Waals surface area contributed by atoms with Crippen LogP contribution in [0.15, 0.2) is 46.2 Å². The quantitative estimate of drug-likeness (QED) is 0.379.